The van der Waals surface area contributed by atoms with Crippen molar-refractivity contribution < 1.29 is 14.6 Å². The molecule has 0 bridgehead atoms. The van der Waals surface area contributed by atoms with Crippen LogP contribution in [0.4, 0.5) is 4.79 Å². The zero-order chi connectivity index (χ0) is 19.1. The van der Waals surface area contributed by atoms with Gasteiger partial charge in [0.2, 0.25) is 0 Å². The quantitative estimate of drug-likeness (QED) is 0.643. The standard InChI is InChI=1S/C22H20ClNO3/c23-20-9-5-18(6-10-20)19-7-11-21(12-8-19)27-22(26)24-14-13-16-1-3-17(15-25)4-2-16/h1-12,25H,13-15H2,(H,24,26). The Kier molecular flexibility index (Phi) is 6.47. The lowest BCUT2D eigenvalue weighted by atomic mass is 10.1. The SMILES string of the molecule is O=C(NCCc1ccc(CO)cc1)Oc1ccc(-c2ccc(Cl)cc2)cc1. The zero-order valence-electron chi connectivity index (χ0n) is 14.7. The number of rotatable bonds is 6. The number of halogens is 1. The number of carbonyl (C=O) groups is 1. The average Bonchev–Trinajstić information content (AvgIpc) is 2.70. The Bertz CT molecular complexity index is 875. The molecule has 3 aromatic rings. The Morgan fingerprint density at radius 2 is 1.41 bits per heavy atom. The largest absolute Gasteiger partial charge is 0.412 e. The monoisotopic (exact) mass is 381 g/mol. The first-order valence-corrected chi connectivity index (χ1v) is 9.02. The minimum absolute atomic E-state index is 0.0294. The first-order valence-electron chi connectivity index (χ1n) is 8.64. The average molecular weight is 382 g/mol. The third-order valence-corrected chi connectivity index (χ3v) is 4.38. The molecule has 138 valence electrons. The van der Waals surface area contributed by atoms with E-state index in [1.807, 2.05) is 60.7 Å². The number of ether oxygens (including phenoxy) is 1. The molecule has 1 amide bonds. The third-order valence-electron chi connectivity index (χ3n) is 4.13. The lowest BCUT2D eigenvalue weighted by Crippen LogP contribution is -2.28. The molecule has 0 radical (unpaired) electrons. The molecule has 0 saturated heterocycles. The van der Waals surface area contributed by atoms with Crippen LogP contribution in [-0.2, 0) is 13.0 Å². The molecule has 0 atom stereocenters. The highest BCUT2D eigenvalue weighted by Crippen LogP contribution is 2.23. The van der Waals surface area contributed by atoms with Gasteiger partial charge in [-0.15, -0.1) is 0 Å². The van der Waals surface area contributed by atoms with Crippen LogP contribution in [0.25, 0.3) is 11.1 Å². The van der Waals surface area contributed by atoms with Crippen LogP contribution in [-0.4, -0.2) is 17.7 Å². The third kappa shape index (κ3) is 5.58. The van der Waals surface area contributed by atoms with Crippen LogP contribution in [0.1, 0.15) is 11.1 Å². The van der Waals surface area contributed by atoms with Crippen LogP contribution in [0.15, 0.2) is 72.8 Å². The van der Waals surface area contributed by atoms with Crippen LogP contribution in [0.2, 0.25) is 5.02 Å². The molecule has 3 rings (SSSR count). The van der Waals surface area contributed by atoms with Gasteiger partial charge in [0, 0.05) is 11.6 Å². The van der Waals surface area contributed by atoms with E-state index >= 15 is 0 Å². The normalized spacial score (nSPS) is 10.4. The van der Waals surface area contributed by atoms with E-state index < -0.39 is 6.09 Å². The van der Waals surface area contributed by atoms with Crippen molar-refractivity contribution in [2.24, 2.45) is 0 Å². The van der Waals surface area contributed by atoms with Crippen LogP contribution < -0.4 is 10.1 Å². The molecule has 2 N–H and O–H groups in total. The van der Waals surface area contributed by atoms with E-state index in [0.717, 1.165) is 22.3 Å². The molecule has 27 heavy (non-hydrogen) atoms. The van der Waals surface area contributed by atoms with Crippen molar-refractivity contribution in [1.82, 2.24) is 5.32 Å². The Morgan fingerprint density at radius 3 is 2.00 bits per heavy atom. The maximum absolute atomic E-state index is 11.9. The highest BCUT2D eigenvalue weighted by Gasteiger charge is 2.05. The number of aliphatic hydroxyl groups is 1. The Labute approximate surface area is 163 Å². The highest BCUT2D eigenvalue weighted by molar-refractivity contribution is 6.30. The molecule has 0 aliphatic heterocycles. The summed E-state index contributed by atoms with van der Waals surface area (Å²) in [6, 6.07) is 22.5. The fourth-order valence-corrected chi connectivity index (χ4v) is 2.75. The van der Waals surface area contributed by atoms with Gasteiger partial charge in [0.25, 0.3) is 0 Å². The smallest absolute Gasteiger partial charge is 0.410 e. The predicted molar refractivity (Wildman–Crippen MR) is 107 cm³/mol. The van der Waals surface area contributed by atoms with Gasteiger partial charge in [-0.2, -0.15) is 0 Å². The number of benzene rings is 3. The van der Waals surface area contributed by atoms with Gasteiger partial charge in [-0.05, 0) is 52.9 Å². The minimum Gasteiger partial charge on any atom is -0.410 e. The zero-order valence-corrected chi connectivity index (χ0v) is 15.4. The molecule has 0 saturated carbocycles. The second-order valence-electron chi connectivity index (χ2n) is 6.07. The van der Waals surface area contributed by atoms with E-state index in [4.69, 9.17) is 21.4 Å². The molecular formula is C22H20ClNO3. The number of carbonyl (C=O) groups excluding carboxylic acids is 1. The summed E-state index contributed by atoms with van der Waals surface area (Å²) >= 11 is 5.90. The van der Waals surface area contributed by atoms with Crippen molar-refractivity contribution in [2.45, 2.75) is 13.0 Å². The maximum Gasteiger partial charge on any atom is 0.412 e. The van der Waals surface area contributed by atoms with E-state index in [2.05, 4.69) is 5.32 Å². The van der Waals surface area contributed by atoms with Crippen molar-refractivity contribution in [2.75, 3.05) is 6.54 Å². The summed E-state index contributed by atoms with van der Waals surface area (Å²) in [5.41, 5.74) is 4.02. The number of aliphatic hydroxyl groups excluding tert-OH is 1. The molecular weight excluding hydrogens is 362 g/mol. The molecule has 0 aliphatic rings. The molecule has 0 spiro atoms. The number of nitrogens with one attached hydrogen (secondary N) is 1. The minimum atomic E-state index is -0.485. The Hall–Kier alpha value is -2.82. The lowest BCUT2D eigenvalue weighted by Gasteiger charge is -2.08. The van der Waals surface area contributed by atoms with Gasteiger partial charge in [-0.25, -0.2) is 4.79 Å². The van der Waals surface area contributed by atoms with Gasteiger partial charge in [-0.1, -0.05) is 60.1 Å². The van der Waals surface area contributed by atoms with E-state index in [9.17, 15) is 4.79 Å². The van der Waals surface area contributed by atoms with E-state index in [-0.39, 0.29) is 6.61 Å². The van der Waals surface area contributed by atoms with Crippen LogP contribution in [0.5, 0.6) is 5.75 Å². The van der Waals surface area contributed by atoms with Crippen LogP contribution in [0.3, 0.4) is 0 Å². The topological polar surface area (TPSA) is 58.6 Å². The number of hydrogen-bond donors (Lipinski definition) is 2. The molecule has 0 aliphatic carbocycles. The molecule has 0 fully saturated rings. The highest BCUT2D eigenvalue weighted by atomic mass is 35.5. The van der Waals surface area contributed by atoms with Gasteiger partial charge >= 0.3 is 6.09 Å². The van der Waals surface area contributed by atoms with Crippen molar-refractivity contribution in [1.29, 1.82) is 0 Å². The fourth-order valence-electron chi connectivity index (χ4n) is 2.62. The summed E-state index contributed by atoms with van der Waals surface area (Å²) in [4.78, 5) is 11.9. The molecule has 0 aromatic heterocycles. The first kappa shape index (κ1) is 19.0. The molecule has 0 heterocycles. The van der Waals surface area contributed by atoms with Gasteiger partial charge in [-0.3, -0.25) is 0 Å². The van der Waals surface area contributed by atoms with Crippen molar-refractivity contribution in [3.8, 4) is 16.9 Å². The van der Waals surface area contributed by atoms with Crippen molar-refractivity contribution >= 4 is 17.7 Å². The van der Waals surface area contributed by atoms with Gasteiger partial charge in [0.15, 0.2) is 0 Å². The van der Waals surface area contributed by atoms with Crippen molar-refractivity contribution in [3.63, 3.8) is 0 Å². The summed E-state index contributed by atoms with van der Waals surface area (Å²) < 4.78 is 5.29. The Morgan fingerprint density at radius 1 is 0.852 bits per heavy atom. The number of hydrogen-bond acceptors (Lipinski definition) is 3. The molecule has 3 aromatic carbocycles. The molecule has 5 heteroatoms. The summed E-state index contributed by atoms with van der Waals surface area (Å²) in [7, 11) is 0. The van der Waals surface area contributed by atoms with E-state index in [0.29, 0.717) is 23.7 Å². The van der Waals surface area contributed by atoms with Gasteiger partial charge in [0.1, 0.15) is 5.75 Å². The second kappa shape index (κ2) is 9.21. The van der Waals surface area contributed by atoms with Gasteiger partial charge in [0.05, 0.1) is 6.61 Å². The predicted octanol–water partition coefficient (Wildman–Crippen LogP) is 4.83. The van der Waals surface area contributed by atoms with Gasteiger partial charge < -0.3 is 15.2 Å². The summed E-state index contributed by atoms with van der Waals surface area (Å²) in [6.45, 7) is 0.502. The second-order valence-corrected chi connectivity index (χ2v) is 6.51. The summed E-state index contributed by atoms with van der Waals surface area (Å²) in [5.74, 6) is 0.484. The first-order chi connectivity index (χ1) is 13.1. The van der Waals surface area contributed by atoms with Crippen molar-refractivity contribution in [3.05, 3.63) is 88.9 Å². The lowest BCUT2D eigenvalue weighted by molar-refractivity contribution is 0.200. The van der Waals surface area contributed by atoms with E-state index in [1.165, 1.54) is 0 Å². The van der Waals surface area contributed by atoms with Crippen LogP contribution >= 0.6 is 11.6 Å². The van der Waals surface area contributed by atoms with E-state index in [1.54, 1.807) is 12.1 Å². The Balaban J connectivity index is 1.48. The maximum atomic E-state index is 11.9. The number of amides is 1. The summed E-state index contributed by atoms with van der Waals surface area (Å²) in [6.07, 6.45) is 0.206. The molecule has 0 unspecified atom stereocenters. The summed E-state index contributed by atoms with van der Waals surface area (Å²) in [5, 5.41) is 12.5. The van der Waals surface area contributed by atoms with Crippen LogP contribution in [0, 0.1) is 0 Å². The fraction of sp³-hybridized carbons (Fsp3) is 0.136. The molecule has 4 nitrogen and oxygen atoms in total.